The summed E-state index contributed by atoms with van der Waals surface area (Å²) in [6.45, 7) is 4.60. The highest BCUT2D eigenvalue weighted by Crippen LogP contribution is 2.25. The summed E-state index contributed by atoms with van der Waals surface area (Å²) in [6.07, 6.45) is 5.21. The van der Waals surface area contributed by atoms with Gasteiger partial charge >= 0.3 is 5.97 Å². The molecule has 0 unspecified atom stereocenters. The fourth-order valence-electron chi connectivity index (χ4n) is 1.86. The second-order valence-electron chi connectivity index (χ2n) is 5.70. The van der Waals surface area contributed by atoms with Gasteiger partial charge in [0.25, 0.3) is 0 Å². The van der Waals surface area contributed by atoms with Crippen molar-refractivity contribution in [1.29, 1.82) is 0 Å². The van der Waals surface area contributed by atoms with Crippen LogP contribution in [0.25, 0.3) is 0 Å². The van der Waals surface area contributed by atoms with Crippen LogP contribution in [-0.4, -0.2) is 28.5 Å². The van der Waals surface area contributed by atoms with E-state index in [1.807, 2.05) is 19.9 Å². The topological polar surface area (TPSA) is 79.3 Å². The van der Waals surface area contributed by atoms with Crippen LogP contribution >= 0.6 is 0 Å². The number of nitrogens with zero attached hydrogens (tertiary/aromatic N) is 1. The van der Waals surface area contributed by atoms with Crippen LogP contribution in [0, 0.1) is 5.41 Å². The minimum atomic E-state index is -0.779. The number of aromatic nitrogens is 1. The van der Waals surface area contributed by atoms with Crippen LogP contribution in [0.1, 0.15) is 38.7 Å². The number of carboxylic acid groups (broad SMARTS) is 1. The van der Waals surface area contributed by atoms with Crippen LogP contribution in [0.4, 0.5) is 0 Å². The normalized spacial score (nSPS) is 11.1. The van der Waals surface area contributed by atoms with Gasteiger partial charge in [-0.1, -0.05) is 19.9 Å². The average molecular weight is 278 g/mol. The van der Waals surface area contributed by atoms with E-state index in [2.05, 4.69) is 10.3 Å². The summed E-state index contributed by atoms with van der Waals surface area (Å²) >= 11 is 0. The highest BCUT2D eigenvalue weighted by molar-refractivity contribution is 5.78. The second-order valence-corrected chi connectivity index (χ2v) is 5.70. The third-order valence-corrected chi connectivity index (χ3v) is 3.23. The van der Waals surface area contributed by atoms with Gasteiger partial charge in [0, 0.05) is 25.4 Å². The highest BCUT2D eigenvalue weighted by Gasteiger charge is 2.19. The summed E-state index contributed by atoms with van der Waals surface area (Å²) < 4.78 is 0. The van der Waals surface area contributed by atoms with Gasteiger partial charge in [-0.25, -0.2) is 0 Å². The zero-order valence-corrected chi connectivity index (χ0v) is 12.1. The van der Waals surface area contributed by atoms with E-state index in [-0.39, 0.29) is 17.7 Å². The van der Waals surface area contributed by atoms with Crippen molar-refractivity contribution in [3.8, 4) is 0 Å². The molecule has 1 amide bonds. The molecule has 0 aromatic carbocycles. The predicted octanol–water partition coefficient (Wildman–Crippen LogP) is 2.02. The number of hydrogen-bond donors (Lipinski definition) is 2. The van der Waals surface area contributed by atoms with Crippen LogP contribution in [0.2, 0.25) is 0 Å². The summed E-state index contributed by atoms with van der Waals surface area (Å²) in [5, 5.41) is 11.5. The van der Waals surface area contributed by atoms with Crippen molar-refractivity contribution >= 4 is 11.9 Å². The number of amides is 1. The molecule has 1 heterocycles. The Morgan fingerprint density at radius 2 is 2.10 bits per heavy atom. The highest BCUT2D eigenvalue weighted by atomic mass is 16.4. The Kier molecular flexibility index (Phi) is 6.15. The second kappa shape index (κ2) is 7.62. The third kappa shape index (κ3) is 6.87. The molecule has 0 saturated carbocycles. The number of carbonyl (C=O) groups excluding carboxylic acids is 1. The van der Waals surface area contributed by atoms with Gasteiger partial charge in [-0.2, -0.15) is 0 Å². The molecule has 0 fully saturated rings. The standard InChI is InChI=1S/C15H22N2O3/c1-15(2,6-5-14(19)20)7-9-17-13(18)10-12-4-3-8-16-11-12/h3-4,8,11H,5-7,9-10H2,1-2H3,(H,17,18)(H,19,20). The van der Waals surface area contributed by atoms with Crippen LogP contribution in [0.3, 0.4) is 0 Å². The van der Waals surface area contributed by atoms with Crippen LogP contribution < -0.4 is 5.32 Å². The van der Waals surface area contributed by atoms with E-state index in [1.54, 1.807) is 18.5 Å². The van der Waals surface area contributed by atoms with E-state index in [0.29, 0.717) is 19.4 Å². The van der Waals surface area contributed by atoms with E-state index in [4.69, 9.17) is 5.11 Å². The van der Waals surface area contributed by atoms with Gasteiger partial charge in [-0.3, -0.25) is 14.6 Å². The summed E-state index contributed by atoms with van der Waals surface area (Å²) in [5.41, 5.74) is 0.801. The Balaban J connectivity index is 2.26. The van der Waals surface area contributed by atoms with Gasteiger partial charge in [0.15, 0.2) is 0 Å². The van der Waals surface area contributed by atoms with Gasteiger partial charge in [0.1, 0.15) is 0 Å². The molecule has 0 aliphatic carbocycles. The van der Waals surface area contributed by atoms with Gasteiger partial charge in [0.2, 0.25) is 5.91 Å². The monoisotopic (exact) mass is 278 g/mol. The zero-order valence-electron chi connectivity index (χ0n) is 12.1. The lowest BCUT2D eigenvalue weighted by Gasteiger charge is -2.23. The van der Waals surface area contributed by atoms with Gasteiger partial charge in [-0.15, -0.1) is 0 Å². The molecule has 0 radical (unpaired) electrons. The van der Waals surface area contributed by atoms with Crippen molar-refractivity contribution < 1.29 is 14.7 Å². The quantitative estimate of drug-likeness (QED) is 0.762. The van der Waals surface area contributed by atoms with Crippen molar-refractivity contribution in [2.75, 3.05) is 6.54 Å². The van der Waals surface area contributed by atoms with Crippen molar-refractivity contribution in [2.24, 2.45) is 5.41 Å². The summed E-state index contributed by atoms with van der Waals surface area (Å²) in [5.74, 6) is -0.814. The summed E-state index contributed by atoms with van der Waals surface area (Å²) in [6, 6.07) is 3.67. The molecule has 1 aromatic rings. The first-order valence-corrected chi connectivity index (χ1v) is 6.76. The lowest BCUT2D eigenvalue weighted by molar-refractivity contribution is -0.137. The maximum atomic E-state index is 11.7. The molecule has 1 rings (SSSR count). The van der Waals surface area contributed by atoms with Crippen LogP contribution in [-0.2, 0) is 16.0 Å². The molecule has 5 heteroatoms. The molecule has 0 atom stereocenters. The molecule has 110 valence electrons. The molecule has 0 bridgehead atoms. The van der Waals surface area contributed by atoms with E-state index in [1.165, 1.54) is 0 Å². The van der Waals surface area contributed by atoms with Crippen LogP contribution in [0.15, 0.2) is 24.5 Å². The van der Waals surface area contributed by atoms with E-state index in [9.17, 15) is 9.59 Å². The SMILES string of the molecule is CC(C)(CCNC(=O)Cc1cccnc1)CCC(=O)O. The molecule has 2 N–H and O–H groups in total. The predicted molar refractivity (Wildman–Crippen MR) is 76.2 cm³/mol. The molecule has 0 spiro atoms. The fraction of sp³-hybridized carbons (Fsp3) is 0.533. The van der Waals surface area contributed by atoms with Gasteiger partial charge in [0.05, 0.1) is 6.42 Å². The Labute approximate surface area is 119 Å². The van der Waals surface area contributed by atoms with Crippen molar-refractivity contribution in [1.82, 2.24) is 10.3 Å². The minimum Gasteiger partial charge on any atom is -0.481 e. The van der Waals surface area contributed by atoms with Crippen molar-refractivity contribution in [3.05, 3.63) is 30.1 Å². The Morgan fingerprint density at radius 1 is 1.35 bits per heavy atom. The molecule has 0 aliphatic rings. The Hall–Kier alpha value is -1.91. The zero-order chi connectivity index (χ0) is 15.0. The first-order valence-electron chi connectivity index (χ1n) is 6.76. The first-order chi connectivity index (χ1) is 9.39. The Morgan fingerprint density at radius 3 is 2.70 bits per heavy atom. The largest absolute Gasteiger partial charge is 0.481 e. The third-order valence-electron chi connectivity index (χ3n) is 3.23. The number of carbonyl (C=O) groups is 2. The summed E-state index contributed by atoms with van der Waals surface area (Å²) in [7, 11) is 0. The Bertz CT molecular complexity index is 444. The molecule has 1 aromatic heterocycles. The number of hydrogen-bond acceptors (Lipinski definition) is 3. The van der Waals surface area contributed by atoms with Crippen molar-refractivity contribution in [2.45, 2.75) is 39.5 Å². The summed E-state index contributed by atoms with van der Waals surface area (Å²) in [4.78, 5) is 26.2. The molecule has 0 saturated heterocycles. The van der Waals surface area contributed by atoms with E-state index < -0.39 is 5.97 Å². The fourth-order valence-corrected chi connectivity index (χ4v) is 1.86. The molecular weight excluding hydrogens is 256 g/mol. The number of pyridine rings is 1. The molecular formula is C15H22N2O3. The number of nitrogens with one attached hydrogen (secondary N) is 1. The van der Waals surface area contributed by atoms with Crippen LogP contribution in [0.5, 0.6) is 0 Å². The maximum Gasteiger partial charge on any atom is 0.303 e. The van der Waals surface area contributed by atoms with Crippen molar-refractivity contribution in [3.63, 3.8) is 0 Å². The lowest BCUT2D eigenvalue weighted by atomic mass is 9.84. The first kappa shape index (κ1) is 16.1. The molecule has 20 heavy (non-hydrogen) atoms. The smallest absolute Gasteiger partial charge is 0.303 e. The number of carboxylic acids is 1. The number of aliphatic carboxylic acids is 1. The maximum absolute atomic E-state index is 11.7. The lowest BCUT2D eigenvalue weighted by Crippen LogP contribution is -2.29. The number of rotatable bonds is 8. The average Bonchev–Trinajstić information content (AvgIpc) is 2.37. The van der Waals surface area contributed by atoms with Gasteiger partial charge in [-0.05, 0) is 29.9 Å². The molecule has 0 aliphatic heterocycles. The van der Waals surface area contributed by atoms with E-state index >= 15 is 0 Å². The molecule has 5 nitrogen and oxygen atoms in total. The van der Waals surface area contributed by atoms with Gasteiger partial charge < -0.3 is 10.4 Å². The van der Waals surface area contributed by atoms with E-state index in [0.717, 1.165) is 12.0 Å². The minimum absolute atomic E-state index is 0.0352.